The first kappa shape index (κ1) is 21.6. The Kier molecular flexibility index (Phi) is 6.85. The predicted molar refractivity (Wildman–Crippen MR) is 109 cm³/mol. The summed E-state index contributed by atoms with van der Waals surface area (Å²) in [5.41, 5.74) is 6.63. The van der Waals surface area contributed by atoms with Crippen molar-refractivity contribution in [1.82, 2.24) is 0 Å². The molecule has 0 aliphatic carbocycles. The van der Waals surface area contributed by atoms with Gasteiger partial charge in [0.2, 0.25) is 5.88 Å². The van der Waals surface area contributed by atoms with Crippen molar-refractivity contribution in [3.8, 4) is 17.4 Å². The molecule has 0 atom stereocenters. The van der Waals surface area contributed by atoms with E-state index in [2.05, 4.69) is 0 Å². The van der Waals surface area contributed by atoms with Crippen molar-refractivity contribution in [3.63, 3.8) is 0 Å². The Morgan fingerprint density at radius 1 is 1.19 bits per heavy atom. The van der Waals surface area contributed by atoms with Gasteiger partial charge in [-0.05, 0) is 52.0 Å². The Morgan fingerprint density at radius 2 is 1.70 bits per heavy atom. The van der Waals surface area contributed by atoms with Crippen LogP contribution in [0.3, 0.4) is 0 Å². The van der Waals surface area contributed by atoms with Gasteiger partial charge in [-0.2, -0.15) is 5.26 Å². The van der Waals surface area contributed by atoms with Gasteiger partial charge in [-0.1, -0.05) is 23.8 Å². The van der Waals surface area contributed by atoms with E-state index in [4.69, 9.17) is 43.0 Å². The lowest BCUT2D eigenvalue weighted by atomic mass is 10.1. The van der Waals surface area contributed by atoms with E-state index in [-0.39, 0.29) is 27.0 Å². The molecule has 1 aromatic carbocycles. The molecule has 6 nitrogen and oxygen atoms in total. The van der Waals surface area contributed by atoms with Gasteiger partial charge in [-0.15, -0.1) is 0 Å². The number of anilines is 1. The number of nitrogens with two attached hydrogens (primary N) is 1. The maximum absolute atomic E-state index is 13.5. The molecule has 0 saturated carbocycles. The second kappa shape index (κ2) is 8.55. The maximum atomic E-state index is 13.5. The van der Waals surface area contributed by atoms with Crippen molar-refractivity contribution >= 4 is 42.6 Å². The van der Waals surface area contributed by atoms with Gasteiger partial charge in [0.25, 0.3) is 0 Å². The molecule has 0 amide bonds. The zero-order valence-electron chi connectivity index (χ0n) is 15.4. The van der Waals surface area contributed by atoms with E-state index in [1.54, 1.807) is 52.0 Å². The van der Waals surface area contributed by atoms with Gasteiger partial charge in [0, 0.05) is 10.6 Å². The number of hydrogen-bond acceptors (Lipinski definition) is 7. The first-order chi connectivity index (χ1) is 12.6. The summed E-state index contributed by atoms with van der Waals surface area (Å²) in [6.07, 6.45) is -0.852. The summed E-state index contributed by atoms with van der Waals surface area (Å²) in [6, 6.07) is 8.64. The Bertz CT molecular complexity index is 967. The van der Waals surface area contributed by atoms with Crippen LogP contribution in [0.4, 0.5) is 5.88 Å². The largest absolute Gasteiger partial charge is 0.438 e. The third-order valence-electron chi connectivity index (χ3n) is 3.31. The highest BCUT2D eigenvalue weighted by molar-refractivity contribution is 7.73. The lowest BCUT2D eigenvalue weighted by Crippen LogP contribution is -2.21. The molecule has 1 aromatic heterocycles. The molecule has 0 radical (unpaired) electrons. The normalized spacial score (nSPS) is 11.8. The van der Waals surface area contributed by atoms with Crippen LogP contribution in [0.5, 0.6) is 0 Å². The van der Waals surface area contributed by atoms with E-state index in [0.29, 0.717) is 10.6 Å². The first-order valence-corrected chi connectivity index (χ1v) is 10.5. The minimum atomic E-state index is -3.91. The second-order valence-electron chi connectivity index (χ2n) is 6.27. The minimum absolute atomic E-state index is 0.0177. The number of nitrogen functional groups attached to an aromatic ring is 1. The fraction of sp³-hybridized carbons (Fsp3) is 0.333. The highest BCUT2D eigenvalue weighted by Gasteiger charge is 2.37. The molecule has 0 aliphatic rings. The summed E-state index contributed by atoms with van der Waals surface area (Å²) in [5, 5.41) is 10.1. The molecule has 0 spiro atoms. The van der Waals surface area contributed by atoms with Gasteiger partial charge in [0.05, 0.1) is 16.7 Å². The number of rotatable bonds is 6. The monoisotopic (exact) mass is 426 g/mol. The molecule has 0 unspecified atom stereocenters. The van der Waals surface area contributed by atoms with Crippen LogP contribution in [0.25, 0.3) is 11.3 Å². The molecule has 0 bridgehead atoms. The summed E-state index contributed by atoms with van der Waals surface area (Å²) >= 11 is 11.3. The lowest BCUT2D eigenvalue weighted by molar-refractivity contribution is 0.150. The van der Waals surface area contributed by atoms with Crippen molar-refractivity contribution < 1.29 is 18.0 Å². The van der Waals surface area contributed by atoms with Gasteiger partial charge >= 0.3 is 7.60 Å². The van der Waals surface area contributed by atoms with Gasteiger partial charge in [0.1, 0.15) is 16.9 Å². The molecule has 1 heterocycles. The standard InChI is InChI=1S/C18H20ClN2O4PS/c1-10(2)24-26(22,25-11(3)4)16-17(27)14(9-20)15(23-18(16)21)12-5-7-13(19)8-6-12/h5-8,10-11H,21H2,1-4H3. The van der Waals surface area contributed by atoms with Crippen LogP contribution in [0.15, 0.2) is 28.7 Å². The van der Waals surface area contributed by atoms with Crippen LogP contribution in [0.1, 0.15) is 33.3 Å². The molecule has 0 fully saturated rings. The molecule has 2 N–H and O–H groups in total. The van der Waals surface area contributed by atoms with Crippen LogP contribution in [0, 0.1) is 15.8 Å². The summed E-state index contributed by atoms with van der Waals surface area (Å²) in [7, 11) is -3.91. The third-order valence-corrected chi connectivity index (χ3v) is 6.51. The van der Waals surface area contributed by atoms with Crippen LogP contribution < -0.4 is 11.0 Å². The van der Waals surface area contributed by atoms with Gasteiger partial charge in [0.15, 0.2) is 5.76 Å². The molecule has 27 heavy (non-hydrogen) atoms. The van der Waals surface area contributed by atoms with E-state index < -0.39 is 19.8 Å². The van der Waals surface area contributed by atoms with E-state index in [1.807, 2.05) is 6.07 Å². The summed E-state index contributed by atoms with van der Waals surface area (Å²) < 4.78 is 30.2. The molecular formula is C18H20ClN2O4PS. The van der Waals surface area contributed by atoms with E-state index >= 15 is 0 Å². The fourth-order valence-electron chi connectivity index (χ4n) is 2.39. The van der Waals surface area contributed by atoms with Crippen molar-refractivity contribution in [2.75, 3.05) is 5.73 Å². The minimum Gasteiger partial charge on any atom is -0.438 e. The lowest BCUT2D eigenvalue weighted by Gasteiger charge is -2.24. The van der Waals surface area contributed by atoms with Crippen LogP contribution in [-0.4, -0.2) is 12.2 Å². The summed E-state index contributed by atoms with van der Waals surface area (Å²) in [6.45, 7) is 6.83. The highest BCUT2D eigenvalue weighted by Crippen LogP contribution is 2.52. The molecule has 144 valence electrons. The average molecular weight is 427 g/mol. The van der Waals surface area contributed by atoms with Crippen molar-refractivity contribution in [2.24, 2.45) is 0 Å². The molecule has 0 aliphatic heterocycles. The topological polar surface area (TPSA) is 98.5 Å². The number of hydrogen-bond donors (Lipinski definition) is 1. The maximum Gasteiger partial charge on any atom is 0.368 e. The van der Waals surface area contributed by atoms with Crippen LogP contribution in [0.2, 0.25) is 5.02 Å². The molecular weight excluding hydrogens is 407 g/mol. The average Bonchev–Trinajstić information content (AvgIpc) is 2.53. The van der Waals surface area contributed by atoms with Gasteiger partial charge < -0.3 is 19.2 Å². The van der Waals surface area contributed by atoms with Crippen molar-refractivity contribution in [3.05, 3.63) is 39.4 Å². The van der Waals surface area contributed by atoms with Gasteiger partial charge in [-0.25, -0.2) is 0 Å². The Hall–Kier alpha value is -1.68. The SMILES string of the molecule is CC(C)OP(=O)(OC(C)C)c1c(N)oc(-c2ccc(Cl)cc2)c(C#N)c1=S. The van der Waals surface area contributed by atoms with Crippen molar-refractivity contribution in [1.29, 1.82) is 5.26 Å². The number of nitrogens with zero attached hydrogens (tertiary/aromatic N) is 1. The zero-order valence-corrected chi connectivity index (χ0v) is 17.8. The number of halogens is 1. The Morgan fingerprint density at radius 3 is 2.15 bits per heavy atom. The smallest absolute Gasteiger partial charge is 0.368 e. The Balaban J connectivity index is 2.76. The summed E-state index contributed by atoms with van der Waals surface area (Å²) in [5.74, 6) is -0.0466. The predicted octanol–water partition coefficient (Wildman–Crippen LogP) is 5.45. The van der Waals surface area contributed by atoms with E-state index in [9.17, 15) is 9.83 Å². The number of benzene rings is 1. The molecule has 2 aromatic rings. The fourth-order valence-corrected chi connectivity index (χ4v) is 5.14. The number of nitriles is 1. The van der Waals surface area contributed by atoms with E-state index in [1.165, 1.54) is 0 Å². The van der Waals surface area contributed by atoms with E-state index in [0.717, 1.165) is 0 Å². The molecule has 9 heteroatoms. The van der Waals surface area contributed by atoms with Crippen LogP contribution in [-0.2, 0) is 13.6 Å². The molecule has 2 rings (SSSR count). The second-order valence-corrected chi connectivity index (χ2v) is 8.98. The van der Waals surface area contributed by atoms with Gasteiger partial charge in [-0.3, -0.25) is 4.57 Å². The first-order valence-electron chi connectivity index (χ1n) is 8.19. The van der Waals surface area contributed by atoms with Crippen LogP contribution >= 0.6 is 31.4 Å². The Labute approximate surface area is 168 Å². The zero-order chi connectivity index (χ0) is 20.4. The molecule has 0 saturated heterocycles. The third kappa shape index (κ3) is 4.78. The highest BCUT2D eigenvalue weighted by atomic mass is 35.5. The summed E-state index contributed by atoms with van der Waals surface area (Å²) in [4.78, 5) is 0. The quantitative estimate of drug-likeness (QED) is 0.484. The van der Waals surface area contributed by atoms with Crippen molar-refractivity contribution in [2.45, 2.75) is 39.9 Å².